The Morgan fingerprint density at radius 1 is 1.05 bits per heavy atom. The van der Waals surface area contributed by atoms with Gasteiger partial charge in [-0.25, -0.2) is 0 Å². The normalized spacial score (nSPS) is 12.8. The first kappa shape index (κ1) is 16.2. The maximum absolute atomic E-state index is 5.65. The van der Waals surface area contributed by atoms with Crippen LogP contribution in [-0.4, -0.2) is 19.8 Å². The van der Waals surface area contributed by atoms with Crippen molar-refractivity contribution in [3.8, 4) is 0 Å². The average Bonchev–Trinajstić information content (AvgIpc) is 2.42. The average molecular weight is 263 g/mol. The molecule has 0 amide bonds. The van der Waals surface area contributed by atoms with E-state index in [1.807, 2.05) is 0 Å². The van der Waals surface area contributed by atoms with Gasteiger partial charge in [-0.1, -0.05) is 57.5 Å². The first-order chi connectivity index (χ1) is 9.24. The van der Waals surface area contributed by atoms with Crippen molar-refractivity contribution in [3.05, 3.63) is 35.9 Å². The molecule has 1 N–H and O–H groups in total. The molecule has 0 aromatic heterocycles. The van der Waals surface area contributed by atoms with Gasteiger partial charge in [0.05, 0.1) is 6.61 Å². The van der Waals surface area contributed by atoms with Gasteiger partial charge in [0, 0.05) is 19.2 Å². The third-order valence-corrected chi connectivity index (χ3v) is 3.26. The van der Waals surface area contributed by atoms with E-state index in [1.54, 1.807) is 0 Å². The maximum atomic E-state index is 5.65. The quantitative estimate of drug-likeness (QED) is 0.639. The van der Waals surface area contributed by atoms with Crippen LogP contribution >= 0.6 is 0 Å². The Kier molecular flexibility index (Phi) is 8.52. The molecule has 0 saturated carbocycles. The molecule has 0 aliphatic rings. The van der Waals surface area contributed by atoms with Crippen LogP contribution < -0.4 is 5.32 Å². The van der Waals surface area contributed by atoms with Crippen molar-refractivity contribution in [2.45, 2.75) is 46.1 Å². The van der Waals surface area contributed by atoms with Gasteiger partial charge in [-0.2, -0.15) is 0 Å². The summed E-state index contributed by atoms with van der Waals surface area (Å²) in [5.74, 6) is 0.727. The minimum Gasteiger partial charge on any atom is -0.380 e. The summed E-state index contributed by atoms with van der Waals surface area (Å²) >= 11 is 0. The van der Waals surface area contributed by atoms with Gasteiger partial charge in [0.25, 0.3) is 0 Å². The lowest BCUT2D eigenvalue weighted by Gasteiger charge is -2.18. The van der Waals surface area contributed by atoms with Crippen LogP contribution in [0, 0.1) is 5.92 Å². The van der Waals surface area contributed by atoms with E-state index < -0.39 is 0 Å². The Balaban J connectivity index is 2.23. The third kappa shape index (κ3) is 7.34. The molecule has 0 spiro atoms. The van der Waals surface area contributed by atoms with Crippen molar-refractivity contribution in [3.63, 3.8) is 0 Å². The molecule has 19 heavy (non-hydrogen) atoms. The first-order valence-corrected chi connectivity index (χ1v) is 7.60. The Labute approximate surface area is 118 Å². The molecule has 0 heterocycles. The Hall–Kier alpha value is -0.860. The van der Waals surface area contributed by atoms with E-state index in [-0.39, 0.29) is 0 Å². The largest absolute Gasteiger partial charge is 0.380 e. The number of hydrogen-bond acceptors (Lipinski definition) is 2. The summed E-state index contributed by atoms with van der Waals surface area (Å²) in [5.41, 5.74) is 1.38. The molecule has 2 heteroatoms. The minimum atomic E-state index is 0.458. The fourth-order valence-corrected chi connectivity index (χ4v) is 2.09. The second kappa shape index (κ2) is 9.99. The predicted octanol–water partition coefficient (Wildman–Crippen LogP) is 4.18. The zero-order valence-corrected chi connectivity index (χ0v) is 12.7. The van der Waals surface area contributed by atoms with Crippen molar-refractivity contribution >= 4 is 0 Å². The molecule has 0 aliphatic carbocycles. The molecule has 1 atom stereocenters. The second-order valence-electron chi connectivity index (χ2n) is 5.50. The Bertz CT molecular complexity index is 310. The Morgan fingerprint density at radius 2 is 1.79 bits per heavy atom. The van der Waals surface area contributed by atoms with Gasteiger partial charge in [-0.05, 0) is 24.3 Å². The summed E-state index contributed by atoms with van der Waals surface area (Å²) in [4.78, 5) is 0. The molecule has 1 unspecified atom stereocenters. The zero-order chi connectivity index (χ0) is 13.9. The van der Waals surface area contributed by atoms with E-state index in [1.165, 1.54) is 18.4 Å². The molecule has 0 bridgehead atoms. The summed E-state index contributed by atoms with van der Waals surface area (Å²) in [5, 5.41) is 3.60. The highest BCUT2D eigenvalue weighted by atomic mass is 16.5. The maximum Gasteiger partial charge on any atom is 0.0591 e. The molecule has 0 aliphatic heterocycles. The van der Waals surface area contributed by atoms with Gasteiger partial charge in [0.15, 0.2) is 0 Å². The Morgan fingerprint density at radius 3 is 2.42 bits per heavy atom. The number of hydrogen-bond donors (Lipinski definition) is 1. The third-order valence-electron chi connectivity index (χ3n) is 3.26. The van der Waals surface area contributed by atoms with Crippen LogP contribution in [0.25, 0.3) is 0 Å². The molecule has 1 rings (SSSR count). The van der Waals surface area contributed by atoms with Crippen molar-refractivity contribution in [2.75, 3.05) is 19.8 Å². The van der Waals surface area contributed by atoms with Crippen LogP contribution in [0.2, 0.25) is 0 Å². The van der Waals surface area contributed by atoms with Crippen LogP contribution in [-0.2, 0) is 4.74 Å². The SMILES string of the molecule is CCCC(NCCOCCC(C)C)c1ccccc1. The molecule has 108 valence electrons. The lowest BCUT2D eigenvalue weighted by atomic mass is 10.0. The van der Waals surface area contributed by atoms with Crippen molar-refractivity contribution in [2.24, 2.45) is 5.92 Å². The van der Waals surface area contributed by atoms with Gasteiger partial charge in [-0.15, -0.1) is 0 Å². The predicted molar refractivity (Wildman–Crippen MR) is 82.4 cm³/mol. The standard InChI is InChI=1S/C17H29NO/c1-4-8-17(16-9-6-5-7-10-16)18-12-14-19-13-11-15(2)3/h5-7,9-10,15,17-18H,4,8,11-14H2,1-3H3. The molecule has 0 radical (unpaired) electrons. The topological polar surface area (TPSA) is 21.3 Å². The molecule has 1 aromatic rings. The van der Waals surface area contributed by atoms with Gasteiger partial charge in [0.2, 0.25) is 0 Å². The minimum absolute atomic E-state index is 0.458. The van der Waals surface area contributed by atoms with Crippen LogP contribution in [0.5, 0.6) is 0 Å². The molecule has 0 saturated heterocycles. The molecule has 2 nitrogen and oxygen atoms in total. The van der Waals surface area contributed by atoms with Crippen LogP contribution in [0.3, 0.4) is 0 Å². The van der Waals surface area contributed by atoms with E-state index in [0.29, 0.717) is 6.04 Å². The first-order valence-electron chi connectivity index (χ1n) is 7.60. The van der Waals surface area contributed by atoms with E-state index in [0.717, 1.165) is 32.1 Å². The van der Waals surface area contributed by atoms with Gasteiger partial charge < -0.3 is 10.1 Å². The lowest BCUT2D eigenvalue weighted by Crippen LogP contribution is -2.25. The lowest BCUT2D eigenvalue weighted by molar-refractivity contribution is 0.123. The summed E-state index contributed by atoms with van der Waals surface area (Å²) < 4.78 is 5.65. The number of benzene rings is 1. The van der Waals surface area contributed by atoms with Crippen LogP contribution in [0.15, 0.2) is 30.3 Å². The van der Waals surface area contributed by atoms with E-state index in [2.05, 4.69) is 56.4 Å². The van der Waals surface area contributed by atoms with Gasteiger partial charge >= 0.3 is 0 Å². The summed E-state index contributed by atoms with van der Waals surface area (Å²) in [6.07, 6.45) is 3.52. The van der Waals surface area contributed by atoms with Crippen molar-refractivity contribution in [1.29, 1.82) is 0 Å². The summed E-state index contributed by atoms with van der Waals surface area (Å²) in [6, 6.07) is 11.2. The number of nitrogens with one attached hydrogen (secondary N) is 1. The van der Waals surface area contributed by atoms with Crippen LogP contribution in [0.4, 0.5) is 0 Å². The highest BCUT2D eigenvalue weighted by Gasteiger charge is 2.08. The highest BCUT2D eigenvalue weighted by Crippen LogP contribution is 2.17. The second-order valence-corrected chi connectivity index (χ2v) is 5.50. The van der Waals surface area contributed by atoms with Crippen molar-refractivity contribution < 1.29 is 4.74 Å². The number of ether oxygens (including phenoxy) is 1. The fraction of sp³-hybridized carbons (Fsp3) is 0.647. The fourth-order valence-electron chi connectivity index (χ4n) is 2.09. The van der Waals surface area contributed by atoms with E-state index in [4.69, 9.17) is 4.74 Å². The van der Waals surface area contributed by atoms with Crippen molar-refractivity contribution in [1.82, 2.24) is 5.32 Å². The molecular weight excluding hydrogens is 234 g/mol. The summed E-state index contributed by atoms with van der Waals surface area (Å²) in [7, 11) is 0. The summed E-state index contributed by atoms with van der Waals surface area (Å²) in [6.45, 7) is 9.31. The molecular formula is C17H29NO. The number of rotatable bonds is 10. The molecule has 1 aromatic carbocycles. The molecule has 0 fully saturated rings. The van der Waals surface area contributed by atoms with Crippen LogP contribution in [0.1, 0.15) is 51.6 Å². The smallest absolute Gasteiger partial charge is 0.0591 e. The van der Waals surface area contributed by atoms with Gasteiger partial charge in [-0.3, -0.25) is 0 Å². The van der Waals surface area contributed by atoms with Gasteiger partial charge in [0.1, 0.15) is 0 Å². The monoisotopic (exact) mass is 263 g/mol. The van der Waals surface area contributed by atoms with E-state index in [9.17, 15) is 0 Å². The zero-order valence-electron chi connectivity index (χ0n) is 12.7. The van der Waals surface area contributed by atoms with E-state index >= 15 is 0 Å². The highest BCUT2D eigenvalue weighted by molar-refractivity contribution is 5.18.